The number of pyridine rings is 1. The van der Waals surface area contributed by atoms with Crippen LogP contribution in [0.5, 0.6) is 0 Å². The summed E-state index contributed by atoms with van der Waals surface area (Å²) in [5.41, 5.74) is 7.23. The van der Waals surface area contributed by atoms with Crippen molar-refractivity contribution in [3.8, 4) is 39.9 Å². The minimum atomic E-state index is 0.537. The first-order valence-corrected chi connectivity index (χ1v) is 15.9. The molecule has 0 atom stereocenters. The molecule has 10 aromatic rings. The lowest BCUT2D eigenvalue weighted by Crippen LogP contribution is -2.02. The summed E-state index contributed by atoms with van der Waals surface area (Å²) in [7, 11) is 0. The molecular formula is C42H25N5O. The lowest BCUT2D eigenvalue weighted by molar-refractivity contribution is 0.654. The molecular weight excluding hydrogens is 590 g/mol. The zero-order chi connectivity index (χ0) is 31.6. The predicted octanol–water partition coefficient (Wildman–Crippen LogP) is 10.4. The highest BCUT2D eigenvalue weighted by atomic mass is 16.3. The summed E-state index contributed by atoms with van der Waals surface area (Å²) in [6.45, 7) is 0. The molecule has 0 aliphatic rings. The van der Waals surface area contributed by atoms with Crippen LogP contribution in [0.4, 0.5) is 0 Å². The van der Waals surface area contributed by atoms with E-state index in [0.717, 1.165) is 55.0 Å². The van der Waals surface area contributed by atoms with Crippen molar-refractivity contribution in [2.24, 2.45) is 0 Å². The number of benzene rings is 6. The zero-order valence-corrected chi connectivity index (χ0v) is 25.6. The van der Waals surface area contributed by atoms with Crippen molar-refractivity contribution in [2.45, 2.75) is 0 Å². The Morgan fingerprint density at radius 3 is 1.88 bits per heavy atom. The van der Waals surface area contributed by atoms with E-state index in [1.165, 1.54) is 10.8 Å². The van der Waals surface area contributed by atoms with Crippen molar-refractivity contribution in [3.05, 3.63) is 152 Å². The molecule has 0 unspecified atom stereocenters. The molecule has 4 aromatic heterocycles. The van der Waals surface area contributed by atoms with Gasteiger partial charge in [-0.3, -0.25) is 0 Å². The van der Waals surface area contributed by atoms with Gasteiger partial charge >= 0.3 is 0 Å². The average Bonchev–Trinajstić information content (AvgIpc) is 3.71. The molecule has 0 radical (unpaired) electrons. The Kier molecular flexibility index (Phi) is 5.77. The third-order valence-electron chi connectivity index (χ3n) is 9.10. The Morgan fingerprint density at radius 1 is 0.458 bits per heavy atom. The van der Waals surface area contributed by atoms with Gasteiger partial charge in [-0.2, -0.15) is 0 Å². The van der Waals surface area contributed by atoms with Crippen molar-refractivity contribution in [3.63, 3.8) is 0 Å². The van der Waals surface area contributed by atoms with E-state index in [4.69, 9.17) is 19.4 Å². The minimum absolute atomic E-state index is 0.537. The maximum atomic E-state index is 6.32. The Morgan fingerprint density at radius 2 is 1.08 bits per heavy atom. The monoisotopic (exact) mass is 615 g/mol. The molecule has 0 spiro atoms. The molecule has 0 aliphatic heterocycles. The summed E-state index contributed by atoms with van der Waals surface area (Å²) < 4.78 is 8.68. The molecule has 0 saturated heterocycles. The molecule has 0 aliphatic carbocycles. The highest BCUT2D eigenvalue weighted by Crippen LogP contribution is 2.38. The van der Waals surface area contributed by atoms with Crippen LogP contribution < -0.4 is 0 Å². The van der Waals surface area contributed by atoms with Gasteiger partial charge in [-0.15, -0.1) is 0 Å². The van der Waals surface area contributed by atoms with E-state index in [-0.39, 0.29) is 0 Å². The van der Waals surface area contributed by atoms with Gasteiger partial charge in [-0.05, 0) is 47.9 Å². The van der Waals surface area contributed by atoms with Gasteiger partial charge in [0.25, 0.3) is 0 Å². The topological polar surface area (TPSA) is 69.6 Å². The molecule has 0 N–H and O–H groups in total. The highest BCUT2D eigenvalue weighted by molar-refractivity contribution is 6.11. The van der Waals surface area contributed by atoms with Crippen LogP contribution in [0.15, 0.2) is 156 Å². The van der Waals surface area contributed by atoms with Gasteiger partial charge < -0.3 is 8.98 Å². The van der Waals surface area contributed by atoms with Crippen molar-refractivity contribution >= 4 is 54.6 Å². The molecule has 4 heterocycles. The Bertz CT molecular complexity index is 2800. The first-order chi connectivity index (χ1) is 23.8. The second-order valence-electron chi connectivity index (χ2n) is 11.9. The normalized spacial score (nSPS) is 11.8. The fourth-order valence-corrected chi connectivity index (χ4v) is 6.94. The number of para-hydroxylation sites is 3. The smallest absolute Gasteiger partial charge is 0.227 e. The summed E-state index contributed by atoms with van der Waals surface area (Å²) in [6, 6.07) is 50.1. The summed E-state index contributed by atoms with van der Waals surface area (Å²) in [4.78, 5) is 19.8. The number of hydrogen-bond donors (Lipinski definition) is 0. The Labute approximate surface area is 274 Å². The largest absolute Gasteiger partial charge is 0.437 e. The molecule has 0 amide bonds. The molecule has 48 heavy (non-hydrogen) atoms. The van der Waals surface area contributed by atoms with Crippen molar-refractivity contribution in [2.75, 3.05) is 0 Å². The van der Waals surface area contributed by atoms with Crippen molar-refractivity contribution in [1.82, 2.24) is 24.5 Å². The van der Waals surface area contributed by atoms with Gasteiger partial charge in [0.1, 0.15) is 5.58 Å². The standard InChI is InChI=1S/C42H25N5O/c1-2-12-26(13-3-1)39-44-40(46-41(45-39)34-19-10-18-32-33-20-11-23-43-42(33)48-38(32)34)28-24-27-14-4-5-15-29(27)37(25-28)47-35-21-8-6-16-30(35)31-17-7-9-22-36(31)47/h1-25H. The molecule has 6 heteroatoms. The third kappa shape index (κ3) is 4.06. The molecule has 6 nitrogen and oxygen atoms in total. The van der Waals surface area contributed by atoms with E-state index in [2.05, 4.69) is 94.5 Å². The highest BCUT2D eigenvalue weighted by Gasteiger charge is 2.20. The Balaban J connectivity index is 1.27. The van der Waals surface area contributed by atoms with Gasteiger partial charge in [0, 0.05) is 44.3 Å². The maximum absolute atomic E-state index is 6.32. The van der Waals surface area contributed by atoms with Crippen LogP contribution in [-0.4, -0.2) is 24.5 Å². The molecule has 6 aromatic carbocycles. The lowest BCUT2D eigenvalue weighted by atomic mass is 10.0. The van der Waals surface area contributed by atoms with Crippen molar-refractivity contribution < 1.29 is 4.42 Å². The van der Waals surface area contributed by atoms with Crippen LogP contribution in [0.25, 0.3) is 94.5 Å². The number of nitrogens with zero attached hydrogens (tertiary/aromatic N) is 5. The van der Waals surface area contributed by atoms with Crippen LogP contribution in [0.2, 0.25) is 0 Å². The second kappa shape index (κ2) is 10.4. The van der Waals surface area contributed by atoms with E-state index < -0.39 is 0 Å². The molecule has 10 rings (SSSR count). The minimum Gasteiger partial charge on any atom is -0.437 e. The number of furan rings is 1. The Hall–Kier alpha value is -6.66. The molecule has 0 saturated carbocycles. The van der Waals surface area contributed by atoms with Crippen LogP contribution in [0.3, 0.4) is 0 Å². The van der Waals surface area contributed by atoms with E-state index >= 15 is 0 Å². The SMILES string of the molecule is c1ccc(-c2nc(-c3cc(-n4c5ccccc5c5ccccc54)c4ccccc4c3)nc(-c3cccc4c3oc3ncccc34)n2)cc1. The quantitative estimate of drug-likeness (QED) is 0.197. The predicted molar refractivity (Wildman–Crippen MR) is 193 cm³/mol. The first kappa shape index (κ1) is 26.5. The molecule has 224 valence electrons. The van der Waals surface area contributed by atoms with E-state index in [1.54, 1.807) is 6.20 Å². The first-order valence-electron chi connectivity index (χ1n) is 15.9. The maximum Gasteiger partial charge on any atom is 0.227 e. The van der Waals surface area contributed by atoms with E-state index in [9.17, 15) is 0 Å². The van der Waals surface area contributed by atoms with Gasteiger partial charge in [-0.1, -0.05) is 103 Å². The summed E-state index contributed by atoms with van der Waals surface area (Å²) >= 11 is 0. The van der Waals surface area contributed by atoms with Gasteiger partial charge in [0.15, 0.2) is 17.5 Å². The summed E-state index contributed by atoms with van der Waals surface area (Å²) in [5.74, 6) is 1.71. The fourth-order valence-electron chi connectivity index (χ4n) is 6.94. The number of rotatable bonds is 4. The van der Waals surface area contributed by atoms with Gasteiger partial charge in [0.2, 0.25) is 5.71 Å². The lowest BCUT2D eigenvalue weighted by Gasteiger charge is -2.15. The van der Waals surface area contributed by atoms with Crippen LogP contribution in [0, 0.1) is 0 Å². The third-order valence-corrected chi connectivity index (χ3v) is 9.10. The number of aromatic nitrogens is 5. The summed E-state index contributed by atoms with van der Waals surface area (Å²) in [5, 5.41) is 6.59. The molecule has 0 fully saturated rings. The van der Waals surface area contributed by atoms with Crippen LogP contribution in [-0.2, 0) is 0 Å². The van der Waals surface area contributed by atoms with Crippen molar-refractivity contribution in [1.29, 1.82) is 0 Å². The van der Waals surface area contributed by atoms with Crippen LogP contribution in [0.1, 0.15) is 0 Å². The molecule has 0 bridgehead atoms. The fraction of sp³-hybridized carbons (Fsp3) is 0. The van der Waals surface area contributed by atoms with Crippen LogP contribution >= 0.6 is 0 Å². The van der Waals surface area contributed by atoms with E-state index in [0.29, 0.717) is 28.8 Å². The average molecular weight is 616 g/mol. The van der Waals surface area contributed by atoms with Gasteiger partial charge in [0.05, 0.1) is 22.3 Å². The number of fused-ring (bicyclic) bond motifs is 7. The number of hydrogen-bond acceptors (Lipinski definition) is 5. The summed E-state index contributed by atoms with van der Waals surface area (Å²) in [6.07, 6.45) is 1.74. The van der Waals surface area contributed by atoms with E-state index in [1.807, 2.05) is 60.7 Å². The van der Waals surface area contributed by atoms with Gasteiger partial charge in [-0.25, -0.2) is 19.9 Å². The zero-order valence-electron chi connectivity index (χ0n) is 25.6. The second-order valence-corrected chi connectivity index (χ2v) is 11.9.